The molecule has 0 aliphatic heterocycles. The van der Waals surface area contributed by atoms with Crippen LogP contribution in [0.5, 0.6) is 0 Å². The van der Waals surface area contributed by atoms with Crippen LogP contribution >= 0.6 is 0 Å². The van der Waals surface area contributed by atoms with Crippen LogP contribution in [-0.4, -0.2) is 36.4 Å². The molecule has 0 fully saturated rings. The number of nitrogens with zero attached hydrogens (tertiary/aromatic N) is 5. The highest BCUT2D eigenvalue weighted by Gasteiger charge is 2.22. The highest BCUT2D eigenvalue weighted by molar-refractivity contribution is 5.90. The van der Waals surface area contributed by atoms with E-state index < -0.39 is 17.2 Å². The van der Waals surface area contributed by atoms with E-state index in [2.05, 4.69) is 20.6 Å². The van der Waals surface area contributed by atoms with Gasteiger partial charge in [-0.3, -0.25) is 14.2 Å². The van der Waals surface area contributed by atoms with Crippen LogP contribution < -0.4 is 16.6 Å². The number of aromatic nitrogens is 5. The Morgan fingerprint density at radius 2 is 1.94 bits per heavy atom. The second-order valence-corrected chi connectivity index (χ2v) is 7.66. The van der Waals surface area contributed by atoms with Gasteiger partial charge in [0.2, 0.25) is 5.82 Å². The monoisotopic (exact) mass is 450 g/mol. The standard InChI is InChI=1S/C22H22N6O5/c1-13-6-9-15(10-7-13)28-22(31)27(3)21(30)17(25-28)18-24-20(33-26-18)19(29)23-14(2)8-11-16-5-4-12-32-16/h4-7,9-10,12,14H,8,11H2,1-3H3,(H,23,29)/t14-/m0/s1. The summed E-state index contributed by atoms with van der Waals surface area (Å²) in [5.74, 6) is -0.261. The molecule has 1 amide bonds. The predicted molar refractivity (Wildman–Crippen MR) is 117 cm³/mol. The van der Waals surface area contributed by atoms with Gasteiger partial charge in [-0.05, 0) is 44.5 Å². The molecule has 0 aliphatic carbocycles. The lowest BCUT2D eigenvalue weighted by Crippen LogP contribution is -2.40. The summed E-state index contributed by atoms with van der Waals surface area (Å²) >= 11 is 0. The van der Waals surface area contributed by atoms with E-state index >= 15 is 0 Å². The predicted octanol–water partition coefficient (Wildman–Crippen LogP) is 1.63. The Hall–Kier alpha value is -4.28. The lowest BCUT2D eigenvalue weighted by Gasteiger charge is -2.10. The Balaban J connectivity index is 1.56. The molecule has 0 aliphatic rings. The molecule has 0 unspecified atom stereocenters. The minimum atomic E-state index is -0.706. The average Bonchev–Trinajstić information content (AvgIpc) is 3.50. The van der Waals surface area contributed by atoms with Crippen LogP contribution in [0, 0.1) is 6.92 Å². The number of hydrogen-bond acceptors (Lipinski definition) is 8. The number of furan rings is 1. The maximum absolute atomic E-state index is 12.6. The second-order valence-electron chi connectivity index (χ2n) is 7.66. The van der Waals surface area contributed by atoms with E-state index in [0.717, 1.165) is 20.6 Å². The molecule has 170 valence electrons. The van der Waals surface area contributed by atoms with E-state index in [1.165, 1.54) is 7.05 Å². The van der Waals surface area contributed by atoms with Crippen molar-refractivity contribution in [3.63, 3.8) is 0 Å². The molecular formula is C22H22N6O5. The maximum atomic E-state index is 12.6. The first-order valence-electron chi connectivity index (χ1n) is 10.3. The number of benzene rings is 1. The largest absolute Gasteiger partial charge is 0.469 e. The summed E-state index contributed by atoms with van der Waals surface area (Å²) in [4.78, 5) is 41.7. The molecule has 0 saturated carbocycles. The van der Waals surface area contributed by atoms with E-state index in [0.29, 0.717) is 18.5 Å². The molecule has 4 aromatic rings. The third-order valence-electron chi connectivity index (χ3n) is 5.07. The smallest absolute Gasteiger partial charge is 0.351 e. The fraction of sp³-hybridized carbons (Fsp3) is 0.273. The van der Waals surface area contributed by atoms with Crippen LogP contribution in [0.15, 0.2) is 61.2 Å². The highest BCUT2D eigenvalue weighted by Crippen LogP contribution is 2.11. The van der Waals surface area contributed by atoms with Crippen LogP contribution in [0.3, 0.4) is 0 Å². The molecule has 0 bridgehead atoms. The molecular weight excluding hydrogens is 428 g/mol. The summed E-state index contributed by atoms with van der Waals surface area (Å²) in [7, 11) is 1.33. The lowest BCUT2D eigenvalue weighted by atomic mass is 10.1. The number of carbonyl (C=O) groups is 1. The number of carbonyl (C=O) groups excluding carboxylic acids is 1. The van der Waals surface area contributed by atoms with Gasteiger partial charge in [0.25, 0.3) is 5.56 Å². The Morgan fingerprint density at radius 1 is 1.18 bits per heavy atom. The number of amides is 1. The SMILES string of the molecule is Cc1ccc(-n2nc(-c3noc(C(=O)N[C@@H](C)CCc4ccco4)n3)c(=O)n(C)c2=O)cc1. The van der Waals surface area contributed by atoms with Crippen molar-refractivity contribution in [1.29, 1.82) is 0 Å². The molecule has 0 radical (unpaired) electrons. The zero-order chi connectivity index (χ0) is 23.5. The molecule has 11 heteroatoms. The Morgan fingerprint density at radius 3 is 2.64 bits per heavy atom. The first-order chi connectivity index (χ1) is 15.8. The van der Waals surface area contributed by atoms with Gasteiger partial charge < -0.3 is 14.3 Å². The van der Waals surface area contributed by atoms with Gasteiger partial charge in [0, 0.05) is 19.5 Å². The molecule has 3 heterocycles. The Labute approximate surface area is 187 Å². The quantitative estimate of drug-likeness (QED) is 0.448. The third-order valence-corrected chi connectivity index (χ3v) is 5.07. The minimum Gasteiger partial charge on any atom is -0.469 e. The van der Waals surface area contributed by atoms with Crippen molar-refractivity contribution in [2.24, 2.45) is 7.05 Å². The van der Waals surface area contributed by atoms with E-state index in [4.69, 9.17) is 8.94 Å². The summed E-state index contributed by atoms with van der Waals surface area (Å²) in [6.07, 6.45) is 2.90. The van der Waals surface area contributed by atoms with Crippen molar-refractivity contribution in [2.75, 3.05) is 0 Å². The van der Waals surface area contributed by atoms with E-state index in [-0.39, 0.29) is 23.5 Å². The van der Waals surface area contributed by atoms with Crippen molar-refractivity contribution in [1.82, 2.24) is 29.8 Å². The van der Waals surface area contributed by atoms with E-state index in [1.54, 1.807) is 24.5 Å². The van der Waals surface area contributed by atoms with E-state index in [9.17, 15) is 14.4 Å². The van der Waals surface area contributed by atoms with Crippen LogP contribution in [-0.2, 0) is 13.5 Å². The molecule has 0 saturated heterocycles. The normalized spacial score (nSPS) is 12.0. The second kappa shape index (κ2) is 9.07. The van der Waals surface area contributed by atoms with Gasteiger partial charge in [0.1, 0.15) is 5.76 Å². The maximum Gasteiger partial charge on any atom is 0.351 e. The third kappa shape index (κ3) is 4.66. The van der Waals surface area contributed by atoms with Gasteiger partial charge in [-0.2, -0.15) is 14.8 Å². The zero-order valence-electron chi connectivity index (χ0n) is 18.3. The molecule has 4 rings (SSSR count). The fourth-order valence-electron chi connectivity index (χ4n) is 3.15. The van der Waals surface area contributed by atoms with Gasteiger partial charge in [-0.15, -0.1) is 0 Å². The van der Waals surface area contributed by atoms with Gasteiger partial charge in [-0.1, -0.05) is 22.9 Å². The van der Waals surface area contributed by atoms with Crippen molar-refractivity contribution in [3.8, 4) is 17.2 Å². The number of hydrogen-bond donors (Lipinski definition) is 1. The van der Waals surface area contributed by atoms with Gasteiger partial charge in [-0.25, -0.2) is 4.79 Å². The van der Waals surface area contributed by atoms with Crippen LogP contribution in [0.1, 0.15) is 35.4 Å². The zero-order valence-corrected chi connectivity index (χ0v) is 18.3. The van der Waals surface area contributed by atoms with Crippen LogP contribution in [0.25, 0.3) is 17.2 Å². The highest BCUT2D eigenvalue weighted by atomic mass is 16.5. The average molecular weight is 450 g/mol. The molecule has 1 atom stereocenters. The summed E-state index contributed by atoms with van der Waals surface area (Å²) in [6.45, 7) is 3.75. The minimum absolute atomic E-state index is 0.188. The summed E-state index contributed by atoms with van der Waals surface area (Å²) in [5, 5.41) is 10.6. The molecule has 33 heavy (non-hydrogen) atoms. The van der Waals surface area contributed by atoms with Crippen molar-refractivity contribution in [3.05, 3.63) is 80.7 Å². The number of aryl methyl sites for hydroxylation is 2. The fourth-order valence-corrected chi connectivity index (χ4v) is 3.15. The van der Waals surface area contributed by atoms with Crippen LogP contribution in [0.4, 0.5) is 0 Å². The summed E-state index contributed by atoms with van der Waals surface area (Å²) in [5.41, 5.74) is -0.0768. The van der Waals surface area contributed by atoms with Gasteiger partial charge in [0.15, 0.2) is 5.69 Å². The Kier molecular flexibility index (Phi) is 6.03. The summed E-state index contributed by atoms with van der Waals surface area (Å²) in [6, 6.07) is 10.5. The molecule has 0 spiro atoms. The number of nitrogens with one attached hydrogen (secondary N) is 1. The topological polar surface area (TPSA) is 138 Å². The molecule has 1 N–H and O–H groups in total. The van der Waals surface area contributed by atoms with Crippen molar-refractivity contribution in [2.45, 2.75) is 32.7 Å². The van der Waals surface area contributed by atoms with Crippen LogP contribution in [0.2, 0.25) is 0 Å². The van der Waals surface area contributed by atoms with Gasteiger partial charge in [0.05, 0.1) is 12.0 Å². The van der Waals surface area contributed by atoms with Crippen molar-refractivity contribution < 1.29 is 13.7 Å². The van der Waals surface area contributed by atoms with Crippen molar-refractivity contribution >= 4 is 5.91 Å². The first-order valence-corrected chi connectivity index (χ1v) is 10.3. The first kappa shape index (κ1) is 21.9. The molecule has 1 aromatic carbocycles. The van der Waals surface area contributed by atoms with E-state index in [1.807, 2.05) is 32.0 Å². The molecule has 11 nitrogen and oxygen atoms in total. The lowest BCUT2D eigenvalue weighted by molar-refractivity contribution is 0.0893. The number of rotatable bonds is 7. The molecule has 3 aromatic heterocycles. The summed E-state index contributed by atoms with van der Waals surface area (Å²) < 4.78 is 12.3. The van der Waals surface area contributed by atoms with Gasteiger partial charge >= 0.3 is 17.5 Å². The Bertz CT molecular complexity index is 1380.